The SMILES string of the molecule is CCN(CC)c1ccc(C(=O)N2CCN(c3ncccn3)CC2)cc1. The van der Waals surface area contributed by atoms with Gasteiger partial charge in [-0.25, -0.2) is 9.97 Å². The van der Waals surface area contributed by atoms with Crippen molar-refractivity contribution in [3.05, 3.63) is 48.3 Å². The lowest BCUT2D eigenvalue weighted by Crippen LogP contribution is -2.49. The van der Waals surface area contributed by atoms with E-state index in [2.05, 4.69) is 33.6 Å². The molecule has 0 unspecified atom stereocenters. The highest BCUT2D eigenvalue weighted by atomic mass is 16.2. The van der Waals surface area contributed by atoms with Crippen LogP contribution >= 0.6 is 0 Å². The summed E-state index contributed by atoms with van der Waals surface area (Å²) in [7, 11) is 0. The highest BCUT2D eigenvalue weighted by molar-refractivity contribution is 5.94. The van der Waals surface area contributed by atoms with Crippen molar-refractivity contribution < 1.29 is 4.79 Å². The molecule has 6 nitrogen and oxygen atoms in total. The second-order valence-corrected chi connectivity index (χ2v) is 6.05. The van der Waals surface area contributed by atoms with Crippen LogP contribution in [0.3, 0.4) is 0 Å². The van der Waals surface area contributed by atoms with Crippen molar-refractivity contribution in [1.82, 2.24) is 14.9 Å². The third kappa shape index (κ3) is 3.90. The Hall–Kier alpha value is -2.63. The van der Waals surface area contributed by atoms with E-state index in [1.165, 1.54) is 0 Å². The molecule has 1 aliphatic rings. The van der Waals surface area contributed by atoms with Crippen LogP contribution in [0, 0.1) is 0 Å². The van der Waals surface area contributed by atoms with E-state index in [0.717, 1.165) is 43.4 Å². The van der Waals surface area contributed by atoms with Crippen LogP contribution in [0.4, 0.5) is 11.6 Å². The predicted octanol–water partition coefficient (Wildman–Crippen LogP) is 2.29. The molecule has 2 heterocycles. The Kier molecular flexibility index (Phi) is 5.48. The average molecular weight is 339 g/mol. The van der Waals surface area contributed by atoms with Crippen molar-refractivity contribution in [1.29, 1.82) is 0 Å². The molecule has 1 aromatic heterocycles. The molecule has 25 heavy (non-hydrogen) atoms. The molecule has 0 atom stereocenters. The number of aromatic nitrogens is 2. The summed E-state index contributed by atoms with van der Waals surface area (Å²) in [5.74, 6) is 0.831. The quantitative estimate of drug-likeness (QED) is 0.836. The number of nitrogens with zero attached hydrogens (tertiary/aromatic N) is 5. The van der Waals surface area contributed by atoms with E-state index >= 15 is 0 Å². The number of piperazine rings is 1. The molecular formula is C19H25N5O. The summed E-state index contributed by atoms with van der Waals surface area (Å²) in [6, 6.07) is 9.75. The predicted molar refractivity (Wildman–Crippen MR) is 100 cm³/mol. The lowest BCUT2D eigenvalue weighted by atomic mass is 10.1. The van der Waals surface area contributed by atoms with Crippen molar-refractivity contribution in [3.63, 3.8) is 0 Å². The molecule has 1 amide bonds. The van der Waals surface area contributed by atoms with Gasteiger partial charge in [0, 0.05) is 62.9 Å². The van der Waals surface area contributed by atoms with Crippen LogP contribution in [0.5, 0.6) is 0 Å². The Morgan fingerprint density at radius 2 is 1.60 bits per heavy atom. The number of amides is 1. The highest BCUT2D eigenvalue weighted by Gasteiger charge is 2.23. The Morgan fingerprint density at radius 1 is 1.00 bits per heavy atom. The maximum Gasteiger partial charge on any atom is 0.253 e. The van der Waals surface area contributed by atoms with Crippen LogP contribution in [0.15, 0.2) is 42.7 Å². The van der Waals surface area contributed by atoms with Crippen molar-refractivity contribution >= 4 is 17.5 Å². The Labute approximate surface area is 149 Å². The van der Waals surface area contributed by atoms with Gasteiger partial charge < -0.3 is 14.7 Å². The van der Waals surface area contributed by atoms with Gasteiger partial charge in [0.15, 0.2) is 0 Å². The maximum absolute atomic E-state index is 12.7. The molecule has 1 aliphatic heterocycles. The minimum Gasteiger partial charge on any atom is -0.372 e. The largest absolute Gasteiger partial charge is 0.372 e. The lowest BCUT2D eigenvalue weighted by molar-refractivity contribution is 0.0746. The molecule has 0 spiro atoms. The number of rotatable bonds is 5. The maximum atomic E-state index is 12.7. The molecule has 1 fully saturated rings. The second-order valence-electron chi connectivity index (χ2n) is 6.05. The average Bonchev–Trinajstić information content (AvgIpc) is 2.70. The zero-order chi connectivity index (χ0) is 17.6. The zero-order valence-corrected chi connectivity index (χ0v) is 14.9. The fraction of sp³-hybridized carbons (Fsp3) is 0.421. The second kappa shape index (κ2) is 7.96. The summed E-state index contributed by atoms with van der Waals surface area (Å²) in [6.45, 7) is 9.10. The fourth-order valence-electron chi connectivity index (χ4n) is 3.15. The smallest absolute Gasteiger partial charge is 0.253 e. The van der Waals surface area contributed by atoms with Crippen LogP contribution in [0.2, 0.25) is 0 Å². The number of hydrogen-bond donors (Lipinski definition) is 0. The third-order valence-corrected chi connectivity index (χ3v) is 4.64. The van der Waals surface area contributed by atoms with Gasteiger partial charge in [0.05, 0.1) is 0 Å². The molecule has 2 aromatic rings. The van der Waals surface area contributed by atoms with Crippen molar-refractivity contribution in [3.8, 4) is 0 Å². The van der Waals surface area contributed by atoms with Gasteiger partial charge in [-0.15, -0.1) is 0 Å². The summed E-state index contributed by atoms with van der Waals surface area (Å²) in [5.41, 5.74) is 1.91. The number of benzene rings is 1. The standard InChI is InChI=1S/C19H25N5O/c1-3-22(4-2)17-8-6-16(7-9-17)18(25)23-12-14-24(15-13-23)19-20-10-5-11-21-19/h5-11H,3-4,12-15H2,1-2H3. The van der Waals surface area contributed by atoms with Gasteiger partial charge in [-0.3, -0.25) is 4.79 Å². The molecule has 0 aliphatic carbocycles. The molecule has 0 radical (unpaired) electrons. The van der Waals surface area contributed by atoms with E-state index < -0.39 is 0 Å². The normalized spacial score (nSPS) is 14.5. The number of anilines is 2. The first-order chi connectivity index (χ1) is 12.2. The zero-order valence-electron chi connectivity index (χ0n) is 14.9. The summed E-state index contributed by atoms with van der Waals surface area (Å²) < 4.78 is 0. The monoisotopic (exact) mass is 339 g/mol. The van der Waals surface area contributed by atoms with Crippen LogP contribution in [-0.2, 0) is 0 Å². The first-order valence-corrected chi connectivity index (χ1v) is 8.89. The summed E-state index contributed by atoms with van der Waals surface area (Å²) in [4.78, 5) is 27.6. The molecule has 6 heteroatoms. The topological polar surface area (TPSA) is 52.6 Å². The highest BCUT2D eigenvalue weighted by Crippen LogP contribution is 2.17. The van der Waals surface area contributed by atoms with Gasteiger partial charge in [0.2, 0.25) is 5.95 Å². The van der Waals surface area contributed by atoms with E-state index in [4.69, 9.17) is 0 Å². The lowest BCUT2D eigenvalue weighted by Gasteiger charge is -2.34. The van der Waals surface area contributed by atoms with E-state index in [-0.39, 0.29) is 5.91 Å². The molecular weight excluding hydrogens is 314 g/mol. The molecule has 1 aromatic carbocycles. The first kappa shape index (κ1) is 17.2. The van der Waals surface area contributed by atoms with Crippen molar-refractivity contribution in [2.75, 3.05) is 49.1 Å². The summed E-state index contributed by atoms with van der Waals surface area (Å²) in [5, 5.41) is 0. The third-order valence-electron chi connectivity index (χ3n) is 4.64. The summed E-state index contributed by atoms with van der Waals surface area (Å²) in [6.07, 6.45) is 3.49. The van der Waals surface area contributed by atoms with E-state index in [0.29, 0.717) is 13.1 Å². The van der Waals surface area contributed by atoms with E-state index in [1.807, 2.05) is 35.2 Å². The number of carbonyl (C=O) groups is 1. The Morgan fingerprint density at radius 3 is 2.16 bits per heavy atom. The van der Waals surface area contributed by atoms with Gasteiger partial charge in [-0.1, -0.05) is 0 Å². The first-order valence-electron chi connectivity index (χ1n) is 8.89. The van der Waals surface area contributed by atoms with Gasteiger partial charge >= 0.3 is 0 Å². The Bertz CT molecular complexity index is 677. The van der Waals surface area contributed by atoms with Crippen LogP contribution in [0.1, 0.15) is 24.2 Å². The Balaban J connectivity index is 1.61. The van der Waals surface area contributed by atoms with Crippen LogP contribution in [-0.4, -0.2) is 60.0 Å². The molecule has 0 bridgehead atoms. The van der Waals surface area contributed by atoms with Gasteiger partial charge in [-0.2, -0.15) is 0 Å². The van der Waals surface area contributed by atoms with Crippen LogP contribution < -0.4 is 9.80 Å². The molecule has 0 N–H and O–H groups in total. The van der Waals surface area contributed by atoms with Gasteiger partial charge in [0.25, 0.3) is 5.91 Å². The molecule has 132 valence electrons. The van der Waals surface area contributed by atoms with Crippen molar-refractivity contribution in [2.24, 2.45) is 0 Å². The van der Waals surface area contributed by atoms with E-state index in [9.17, 15) is 4.79 Å². The van der Waals surface area contributed by atoms with E-state index in [1.54, 1.807) is 12.4 Å². The summed E-state index contributed by atoms with van der Waals surface area (Å²) >= 11 is 0. The van der Waals surface area contributed by atoms with Crippen LogP contribution in [0.25, 0.3) is 0 Å². The number of carbonyl (C=O) groups excluding carboxylic acids is 1. The van der Waals surface area contributed by atoms with Gasteiger partial charge in [0.1, 0.15) is 0 Å². The van der Waals surface area contributed by atoms with Gasteiger partial charge in [-0.05, 0) is 44.2 Å². The number of hydrogen-bond acceptors (Lipinski definition) is 5. The molecule has 0 saturated carbocycles. The molecule has 3 rings (SSSR count). The molecule has 1 saturated heterocycles. The minimum absolute atomic E-state index is 0.0970. The van der Waals surface area contributed by atoms with Crippen molar-refractivity contribution in [2.45, 2.75) is 13.8 Å². The minimum atomic E-state index is 0.0970. The fourth-order valence-corrected chi connectivity index (χ4v) is 3.15.